The van der Waals surface area contributed by atoms with Gasteiger partial charge in [-0.15, -0.1) is 11.3 Å². The average Bonchev–Trinajstić information content (AvgIpc) is 2.84. The zero-order valence-corrected chi connectivity index (χ0v) is 13.3. The van der Waals surface area contributed by atoms with Gasteiger partial charge >= 0.3 is 0 Å². The molecule has 0 aliphatic carbocycles. The topological polar surface area (TPSA) is 45.2 Å². The Morgan fingerprint density at radius 3 is 2.70 bits per heavy atom. The Morgan fingerprint density at radius 1 is 1.35 bits per heavy atom. The summed E-state index contributed by atoms with van der Waals surface area (Å²) in [6.45, 7) is 0.470. The third-order valence-electron chi connectivity index (χ3n) is 2.67. The summed E-state index contributed by atoms with van der Waals surface area (Å²) in [5.41, 5.74) is 0.240. The highest BCUT2D eigenvalue weighted by Gasteiger charge is 2.18. The van der Waals surface area contributed by atoms with Crippen molar-refractivity contribution in [2.75, 3.05) is 19.4 Å². The van der Waals surface area contributed by atoms with Crippen LogP contribution in [-0.2, 0) is 6.54 Å². The summed E-state index contributed by atoms with van der Waals surface area (Å²) >= 11 is 13.4. The molecule has 0 saturated carbocycles. The molecule has 0 aliphatic rings. The number of nitrogens with one attached hydrogen (secondary N) is 1. The molecule has 2 rings (SSSR count). The highest BCUT2D eigenvalue weighted by atomic mass is 35.5. The van der Waals surface area contributed by atoms with Crippen molar-refractivity contribution in [3.8, 4) is 0 Å². The van der Waals surface area contributed by atoms with Gasteiger partial charge in [0.25, 0.3) is 5.91 Å². The van der Waals surface area contributed by atoms with Gasteiger partial charge in [0, 0.05) is 19.0 Å². The fraction of sp³-hybridized carbons (Fsp3) is 0.231. The van der Waals surface area contributed by atoms with Crippen LogP contribution in [0, 0.1) is 0 Å². The van der Waals surface area contributed by atoms with Crippen LogP contribution >= 0.6 is 34.5 Å². The van der Waals surface area contributed by atoms with Gasteiger partial charge in [-0.1, -0.05) is 23.2 Å². The molecule has 2 heterocycles. The smallest absolute Gasteiger partial charge is 0.274 e. The van der Waals surface area contributed by atoms with E-state index >= 15 is 0 Å². The Hall–Kier alpha value is -1.30. The van der Waals surface area contributed by atoms with E-state index in [1.807, 2.05) is 12.1 Å². The maximum absolute atomic E-state index is 12.4. The van der Waals surface area contributed by atoms with Crippen LogP contribution in [0.25, 0.3) is 0 Å². The van der Waals surface area contributed by atoms with Crippen molar-refractivity contribution in [2.24, 2.45) is 0 Å². The van der Waals surface area contributed by atoms with Crippen molar-refractivity contribution in [2.45, 2.75) is 6.54 Å². The van der Waals surface area contributed by atoms with E-state index in [4.69, 9.17) is 23.2 Å². The molecule has 20 heavy (non-hydrogen) atoms. The second kappa shape index (κ2) is 6.43. The number of carbonyl (C=O) groups is 1. The molecule has 4 nitrogen and oxygen atoms in total. The van der Waals surface area contributed by atoms with Gasteiger partial charge in [0.05, 0.1) is 15.9 Å². The molecule has 7 heteroatoms. The molecule has 2 aromatic heterocycles. The van der Waals surface area contributed by atoms with E-state index < -0.39 is 0 Å². The summed E-state index contributed by atoms with van der Waals surface area (Å²) in [4.78, 5) is 19.1. The summed E-state index contributed by atoms with van der Waals surface area (Å²) < 4.78 is 0.703. The molecule has 0 unspecified atom stereocenters. The predicted octanol–water partition coefficient (Wildman–Crippen LogP) is 3.76. The van der Waals surface area contributed by atoms with Crippen LogP contribution in [-0.4, -0.2) is 29.9 Å². The Kier molecular flexibility index (Phi) is 4.86. The number of nitrogens with zero attached hydrogens (tertiary/aromatic N) is 2. The molecule has 1 N–H and O–H groups in total. The minimum Gasteiger partial charge on any atom is -0.373 e. The number of halogens is 2. The molecule has 0 aromatic carbocycles. The summed E-state index contributed by atoms with van der Waals surface area (Å²) in [7, 11) is 3.45. The fourth-order valence-corrected chi connectivity index (χ4v) is 2.98. The third-order valence-corrected chi connectivity index (χ3v) is 4.19. The number of hydrogen-bond acceptors (Lipinski definition) is 4. The second-order valence-corrected chi connectivity index (χ2v) is 6.35. The van der Waals surface area contributed by atoms with Crippen LogP contribution in [0.5, 0.6) is 0 Å². The number of anilines is 1. The maximum Gasteiger partial charge on any atom is 0.274 e. The van der Waals surface area contributed by atoms with E-state index in [-0.39, 0.29) is 11.6 Å². The molecule has 0 fully saturated rings. The molecule has 0 atom stereocenters. The van der Waals surface area contributed by atoms with Crippen LogP contribution < -0.4 is 5.32 Å². The Labute approximate surface area is 131 Å². The molecule has 0 radical (unpaired) electrons. The van der Waals surface area contributed by atoms with Gasteiger partial charge in [-0.05, 0) is 24.3 Å². The van der Waals surface area contributed by atoms with Crippen molar-refractivity contribution in [3.05, 3.63) is 44.2 Å². The highest BCUT2D eigenvalue weighted by molar-refractivity contribution is 7.16. The lowest BCUT2D eigenvalue weighted by Crippen LogP contribution is -2.27. The highest BCUT2D eigenvalue weighted by Crippen LogP contribution is 2.24. The monoisotopic (exact) mass is 329 g/mol. The van der Waals surface area contributed by atoms with E-state index in [2.05, 4.69) is 10.3 Å². The lowest BCUT2D eigenvalue weighted by molar-refractivity contribution is 0.0781. The Morgan fingerprint density at radius 2 is 2.10 bits per heavy atom. The van der Waals surface area contributed by atoms with Gasteiger partial charge in [0.1, 0.15) is 11.5 Å². The zero-order valence-electron chi connectivity index (χ0n) is 11.0. The van der Waals surface area contributed by atoms with Crippen molar-refractivity contribution < 1.29 is 4.79 Å². The van der Waals surface area contributed by atoms with Crippen molar-refractivity contribution in [1.29, 1.82) is 0 Å². The first-order chi connectivity index (χ1) is 9.51. The van der Waals surface area contributed by atoms with E-state index in [1.165, 1.54) is 11.3 Å². The lowest BCUT2D eigenvalue weighted by Gasteiger charge is -2.16. The SMILES string of the molecule is CNc1ccc(Cl)c(C(=O)N(C)Cc2ccc(Cl)s2)n1. The molecular weight excluding hydrogens is 317 g/mol. The first-order valence-electron chi connectivity index (χ1n) is 5.85. The third kappa shape index (κ3) is 3.42. The normalized spacial score (nSPS) is 10.4. The van der Waals surface area contributed by atoms with Crippen molar-refractivity contribution in [1.82, 2.24) is 9.88 Å². The first kappa shape index (κ1) is 15.1. The van der Waals surface area contributed by atoms with Crippen LogP contribution in [0.15, 0.2) is 24.3 Å². The quantitative estimate of drug-likeness (QED) is 0.928. The number of aromatic nitrogens is 1. The van der Waals surface area contributed by atoms with E-state index in [0.717, 1.165) is 4.88 Å². The van der Waals surface area contributed by atoms with Gasteiger partial charge in [0.2, 0.25) is 0 Å². The van der Waals surface area contributed by atoms with Crippen LogP contribution in [0.3, 0.4) is 0 Å². The molecule has 0 spiro atoms. The number of thiophene rings is 1. The summed E-state index contributed by atoms with van der Waals surface area (Å²) in [6, 6.07) is 7.09. The fourth-order valence-electron chi connectivity index (χ4n) is 1.65. The number of amides is 1. The van der Waals surface area contributed by atoms with E-state index in [0.29, 0.717) is 21.7 Å². The average molecular weight is 330 g/mol. The van der Waals surface area contributed by atoms with Crippen LogP contribution in [0.1, 0.15) is 15.4 Å². The standard InChI is InChI=1S/C13H13Cl2N3OS/c1-16-11-6-4-9(14)12(17-11)13(19)18(2)7-8-3-5-10(15)20-8/h3-6H,7H2,1-2H3,(H,16,17). The summed E-state index contributed by atoms with van der Waals surface area (Å²) in [5.74, 6) is 0.377. The Bertz CT molecular complexity index is 630. The van der Waals surface area contributed by atoms with Gasteiger partial charge in [-0.2, -0.15) is 0 Å². The van der Waals surface area contributed by atoms with Crippen molar-refractivity contribution >= 4 is 46.3 Å². The molecule has 0 saturated heterocycles. The van der Waals surface area contributed by atoms with Crippen LogP contribution in [0.4, 0.5) is 5.82 Å². The van der Waals surface area contributed by atoms with E-state index in [1.54, 1.807) is 31.1 Å². The minimum absolute atomic E-state index is 0.225. The van der Waals surface area contributed by atoms with Gasteiger partial charge in [-0.3, -0.25) is 4.79 Å². The molecule has 0 bridgehead atoms. The lowest BCUT2D eigenvalue weighted by atomic mass is 10.3. The van der Waals surface area contributed by atoms with E-state index in [9.17, 15) is 4.79 Å². The minimum atomic E-state index is -0.225. The number of rotatable bonds is 4. The van der Waals surface area contributed by atoms with Gasteiger partial charge in [0.15, 0.2) is 0 Å². The van der Waals surface area contributed by atoms with Crippen LogP contribution in [0.2, 0.25) is 9.36 Å². The maximum atomic E-state index is 12.4. The number of carbonyl (C=O) groups excluding carboxylic acids is 1. The van der Waals surface area contributed by atoms with Gasteiger partial charge in [-0.25, -0.2) is 4.98 Å². The molecule has 0 aliphatic heterocycles. The molecule has 106 valence electrons. The Balaban J connectivity index is 2.17. The zero-order chi connectivity index (χ0) is 14.7. The second-order valence-electron chi connectivity index (χ2n) is 4.14. The number of hydrogen-bond donors (Lipinski definition) is 1. The van der Waals surface area contributed by atoms with Gasteiger partial charge < -0.3 is 10.2 Å². The predicted molar refractivity (Wildman–Crippen MR) is 83.9 cm³/mol. The summed E-state index contributed by atoms with van der Waals surface area (Å²) in [5, 5.41) is 3.22. The van der Waals surface area contributed by atoms with Crippen molar-refractivity contribution in [3.63, 3.8) is 0 Å². The largest absolute Gasteiger partial charge is 0.373 e. The number of pyridine rings is 1. The molecule has 2 aromatic rings. The first-order valence-corrected chi connectivity index (χ1v) is 7.42. The summed E-state index contributed by atoms with van der Waals surface area (Å²) in [6.07, 6.45) is 0. The molecule has 1 amide bonds. The molecular formula is C13H13Cl2N3OS.